The van der Waals surface area contributed by atoms with Gasteiger partial charge in [0.1, 0.15) is 5.70 Å². The summed E-state index contributed by atoms with van der Waals surface area (Å²) >= 11 is 0. The Kier molecular flexibility index (Phi) is 5.65. The highest BCUT2D eigenvalue weighted by Crippen LogP contribution is 2.34. The largest absolute Gasteiger partial charge is 0.465 e. The lowest BCUT2D eigenvalue weighted by atomic mass is 10.1. The van der Waals surface area contributed by atoms with E-state index in [2.05, 4.69) is 4.74 Å². The summed E-state index contributed by atoms with van der Waals surface area (Å²) in [5.41, 5.74) is -1.87. The van der Waals surface area contributed by atoms with Crippen molar-refractivity contribution < 1.29 is 28.9 Å². The molecule has 0 atom stereocenters. The predicted octanol–water partition coefficient (Wildman–Crippen LogP) is 1.99. The van der Waals surface area contributed by atoms with Gasteiger partial charge in [0.05, 0.1) is 35.3 Å². The molecular weight excluding hydrogens is 362 g/mol. The Labute approximate surface area is 152 Å². The van der Waals surface area contributed by atoms with Gasteiger partial charge in [0.15, 0.2) is 0 Å². The van der Waals surface area contributed by atoms with Crippen LogP contribution in [0.15, 0.2) is 53.9 Å². The summed E-state index contributed by atoms with van der Waals surface area (Å²) < 4.78 is 9.36. The summed E-state index contributed by atoms with van der Waals surface area (Å²) in [6.07, 6.45) is 5.58. The number of carbonyl (C=O) groups excluding carboxylic acids is 2. The zero-order valence-electron chi connectivity index (χ0n) is 14.1. The van der Waals surface area contributed by atoms with E-state index >= 15 is 0 Å². The number of methoxy groups -OCH3 is 2. The van der Waals surface area contributed by atoms with Crippen molar-refractivity contribution in [2.75, 3.05) is 19.1 Å². The topological polar surface area (TPSA) is 142 Å². The summed E-state index contributed by atoms with van der Waals surface area (Å²) in [6, 6.07) is 3.07. The second-order valence-corrected chi connectivity index (χ2v) is 5.00. The van der Waals surface area contributed by atoms with Gasteiger partial charge in [0.25, 0.3) is 0 Å². The molecule has 1 aliphatic rings. The van der Waals surface area contributed by atoms with E-state index < -0.39 is 33.2 Å². The average molecular weight is 375 g/mol. The fourth-order valence-corrected chi connectivity index (χ4v) is 2.33. The molecule has 0 unspecified atom stereocenters. The van der Waals surface area contributed by atoms with Gasteiger partial charge in [-0.2, -0.15) is 0 Å². The van der Waals surface area contributed by atoms with Crippen molar-refractivity contribution in [1.82, 2.24) is 0 Å². The van der Waals surface area contributed by atoms with Crippen LogP contribution < -0.4 is 4.90 Å². The second-order valence-electron chi connectivity index (χ2n) is 5.00. The molecule has 11 nitrogen and oxygen atoms in total. The standard InChI is InChI=1S/C16H13N3O8/c1-26-15(20)11-5-3-4-8-17(14(11)16(21)27-2)10-6-7-12(18(22)23)13(9-10)19(24)25/h3-9H,1-2H3. The second kappa shape index (κ2) is 7.91. The van der Waals surface area contributed by atoms with Crippen LogP contribution in [-0.4, -0.2) is 36.0 Å². The van der Waals surface area contributed by atoms with Crippen LogP contribution in [-0.2, 0) is 19.1 Å². The van der Waals surface area contributed by atoms with Crippen molar-refractivity contribution >= 4 is 29.0 Å². The first kappa shape index (κ1) is 19.3. The maximum absolute atomic E-state index is 12.3. The van der Waals surface area contributed by atoms with E-state index in [-0.39, 0.29) is 17.0 Å². The van der Waals surface area contributed by atoms with Crippen LogP contribution in [0.2, 0.25) is 0 Å². The maximum atomic E-state index is 12.3. The molecule has 1 aromatic rings. The van der Waals surface area contributed by atoms with Gasteiger partial charge in [0, 0.05) is 18.3 Å². The van der Waals surface area contributed by atoms with Gasteiger partial charge in [-0.05, 0) is 18.2 Å². The number of nitro groups is 2. The Balaban J connectivity index is 2.72. The monoisotopic (exact) mass is 375 g/mol. The molecule has 1 heterocycles. The minimum absolute atomic E-state index is 0.0362. The number of carbonyl (C=O) groups is 2. The molecule has 0 bridgehead atoms. The van der Waals surface area contributed by atoms with E-state index in [1.807, 2.05) is 0 Å². The van der Waals surface area contributed by atoms with E-state index in [1.165, 1.54) is 30.5 Å². The summed E-state index contributed by atoms with van der Waals surface area (Å²) in [5.74, 6) is -1.75. The van der Waals surface area contributed by atoms with Gasteiger partial charge < -0.3 is 14.4 Å². The SMILES string of the molecule is COC(=O)C1=C(C(=O)OC)N(c2ccc([N+](=O)[O-])c([N+](=O)[O-])c2)C=CC=C1. The van der Waals surface area contributed by atoms with E-state index in [1.54, 1.807) is 0 Å². The molecule has 1 aromatic carbocycles. The van der Waals surface area contributed by atoms with Crippen LogP contribution in [0.4, 0.5) is 17.1 Å². The highest BCUT2D eigenvalue weighted by atomic mass is 16.6. The van der Waals surface area contributed by atoms with Crippen LogP contribution in [0.25, 0.3) is 0 Å². The number of nitrogens with zero attached hydrogens (tertiary/aromatic N) is 3. The van der Waals surface area contributed by atoms with Crippen molar-refractivity contribution in [2.24, 2.45) is 0 Å². The number of ether oxygens (including phenoxy) is 2. The van der Waals surface area contributed by atoms with Crippen molar-refractivity contribution in [1.29, 1.82) is 0 Å². The number of benzene rings is 1. The van der Waals surface area contributed by atoms with Crippen molar-refractivity contribution in [3.05, 3.63) is 74.1 Å². The molecule has 0 amide bonds. The average Bonchev–Trinajstić information content (AvgIpc) is 2.88. The third-order valence-electron chi connectivity index (χ3n) is 3.52. The first-order valence-corrected chi connectivity index (χ1v) is 7.29. The number of hydrogen-bond acceptors (Lipinski definition) is 9. The Morgan fingerprint density at radius 3 is 2.15 bits per heavy atom. The lowest BCUT2D eigenvalue weighted by molar-refractivity contribution is -0.422. The van der Waals surface area contributed by atoms with Crippen LogP contribution >= 0.6 is 0 Å². The lowest BCUT2D eigenvalue weighted by Crippen LogP contribution is -2.27. The van der Waals surface area contributed by atoms with Gasteiger partial charge in [-0.1, -0.05) is 6.08 Å². The summed E-state index contributed by atoms with van der Waals surface area (Å²) in [4.78, 5) is 45.9. The van der Waals surface area contributed by atoms with Crippen LogP contribution in [0.3, 0.4) is 0 Å². The van der Waals surface area contributed by atoms with E-state index in [9.17, 15) is 29.8 Å². The zero-order valence-corrected chi connectivity index (χ0v) is 14.1. The molecule has 27 heavy (non-hydrogen) atoms. The fraction of sp³-hybridized carbons (Fsp3) is 0.125. The maximum Gasteiger partial charge on any atom is 0.355 e. The minimum atomic E-state index is -0.913. The quantitative estimate of drug-likeness (QED) is 0.429. The summed E-state index contributed by atoms with van der Waals surface area (Å²) in [7, 11) is 2.22. The van der Waals surface area contributed by atoms with Crippen LogP contribution in [0, 0.1) is 20.2 Å². The normalized spacial score (nSPS) is 13.2. The molecule has 0 saturated carbocycles. The molecule has 0 fully saturated rings. The smallest absolute Gasteiger partial charge is 0.355 e. The molecule has 0 spiro atoms. The first-order valence-electron chi connectivity index (χ1n) is 7.29. The lowest BCUT2D eigenvalue weighted by Gasteiger charge is -2.22. The first-order chi connectivity index (χ1) is 12.8. The third kappa shape index (κ3) is 3.81. The number of rotatable bonds is 5. The molecule has 11 heteroatoms. The highest BCUT2D eigenvalue weighted by Gasteiger charge is 2.30. The molecular formula is C16H13N3O8. The molecule has 0 aromatic heterocycles. The Bertz CT molecular complexity index is 916. The van der Waals surface area contributed by atoms with Gasteiger partial charge in [-0.15, -0.1) is 0 Å². The van der Waals surface area contributed by atoms with Crippen molar-refractivity contribution in [3.8, 4) is 0 Å². The van der Waals surface area contributed by atoms with Crippen molar-refractivity contribution in [2.45, 2.75) is 0 Å². The van der Waals surface area contributed by atoms with Gasteiger partial charge in [-0.25, -0.2) is 9.59 Å². The molecule has 0 radical (unpaired) electrons. The van der Waals surface area contributed by atoms with Gasteiger partial charge >= 0.3 is 23.3 Å². The Morgan fingerprint density at radius 2 is 1.59 bits per heavy atom. The van der Waals surface area contributed by atoms with Gasteiger partial charge in [-0.3, -0.25) is 20.2 Å². The molecule has 1 aliphatic heterocycles. The summed E-state index contributed by atoms with van der Waals surface area (Å²) in [5, 5.41) is 22.2. The molecule has 0 N–H and O–H groups in total. The Hall–Kier alpha value is -4.02. The summed E-state index contributed by atoms with van der Waals surface area (Å²) in [6.45, 7) is 0. The molecule has 2 rings (SSSR count). The van der Waals surface area contributed by atoms with E-state index in [0.717, 1.165) is 31.3 Å². The minimum Gasteiger partial charge on any atom is -0.465 e. The number of allylic oxidation sites excluding steroid dienone is 2. The van der Waals surface area contributed by atoms with E-state index in [0.29, 0.717) is 0 Å². The molecule has 0 saturated heterocycles. The Morgan fingerprint density at radius 1 is 0.963 bits per heavy atom. The van der Waals surface area contributed by atoms with Crippen LogP contribution in [0.5, 0.6) is 0 Å². The van der Waals surface area contributed by atoms with Crippen LogP contribution in [0.1, 0.15) is 0 Å². The predicted molar refractivity (Wildman–Crippen MR) is 91.6 cm³/mol. The van der Waals surface area contributed by atoms with E-state index in [4.69, 9.17) is 4.74 Å². The zero-order chi connectivity index (χ0) is 20.1. The molecule has 0 aliphatic carbocycles. The highest BCUT2D eigenvalue weighted by molar-refractivity contribution is 6.05. The van der Waals surface area contributed by atoms with Gasteiger partial charge in [0.2, 0.25) is 0 Å². The number of anilines is 1. The molecule has 140 valence electrons. The fourth-order valence-electron chi connectivity index (χ4n) is 2.33. The number of nitro benzene ring substituents is 2. The number of hydrogen-bond donors (Lipinski definition) is 0. The number of esters is 2. The third-order valence-corrected chi connectivity index (χ3v) is 3.52. The van der Waals surface area contributed by atoms with Crippen molar-refractivity contribution in [3.63, 3.8) is 0 Å².